The maximum atomic E-state index is 11.8. The maximum Gasteiger partial charge on any atom is 0.410 e. The topological polar surface area (TPSA) is 102 Å². The number of carboxylic acids is 1. The standard InChI is InChI=1S/C18H25NO6/c1-12(2)9-17(22)24-13(3)25-18(23)19-11-15(10-16(20)21)14-7-5-4-6-8-14/h4-8,12-13,15H,9-11H2,1-3H3,(H,19,23)(H,20,21)/t13-,15-/m0/s1. The lowest BCUT2D eigenvalue weighted by Gasteiger charge is -2.18. The van der Waals surface area contributed by atoms with Crippen molar-refractivity contribution in [2.75, 3.05) is 6.54 Å². The van der Waals surface area contributed by atoms with E-state index in [1.54, 1.807) is 24.3 Å². The Morgan fingerprint density at radius 2 is 1.68 bits per heavy atom. The van der Waals surface area contributed by atoms with E-state index in [1.165, 1.54) is 6.92 Å². The van der Waals surface area contributed by atoms with Gasteiger partial charge in [0.25, 0.3) is 0 Å². The molecule has 0 fully saturated rings. The van der Waals surface area contributed by atoms with Crippen LogP contribution in [0.3, 0.4) is 0 Å². The van der Waals surface area contributed by atoms with Gasteiger partial charge in [0.05, 0.1) is 6.42 Å². The van der Waals surface area contributed by atoms with Crippen LogP contribution in [0, 0.1) is 5.92 Å². The number of hydrogen-bond donors (Lipinski definition) is 2. The van der Waals surface area contributed by atoms with Gasteiger partial charge in [-0.15, -0.1) is 0 Å². The Morgan fingerprint density at radius 1 is 1.04 bits per heavy atom. The summed E-state index contributed by atoms with van der Waals surface area (Å²) >= 11 is 0. The molecule has 0 bridgehead atoms. The molecule has 1 amide bonds. The number of esters is 1. The Labute approximate surface area is 147 Å². The molecule has 2 atom stereocenters. The molecule has 25 heavy (non-hydrogen) atoms. The molecule has 0 saturated heterocycles. The van der Waals surface area contributed by atoms with Gasteiger partial charge in [-0.1, -0.05) is 44.2 Å². The number of nitrogens with one attached hydrogen (secondary N) is 1. The van der Waals surface area contributed by atoms with Gasteiger partial charge in [0.1, 0.15) is 0 Å². The van der Waals surface area contributed by atoms with Gasteiger partial charge in [0.15, 0.2) is 0 Å². The SMILES string of the molecule is CC(C)CC(=O)O[C@H](C)OC(=O)NC[C@H](CC(=O)O)c1ccccc1. The van der Waals surface area contributed by atoms with E-state index in [0.29, 0.717) is 0 Å². The molecule has 0 aliphatic carbocycles. The predicted molar refractivity (Wildman–Crippen MR) is 90.9 cm³/mol. The molecule has 0 aliphatic rings. The van der Waals surface area contributed by atoms with E-state index in [9.17, 15) is 14.4 Å². The zero-order valence-corrected chi connectivity index (χ0v) is 14.7. The number of rotatable bonds is 9. The van der Waals surface area contributed by atoms with Gasteiger partial charge in [-0.2, -0.15) is 0 Å². The second-order valence-electron chi connectivity index (χ2n) is 6.15. The second kappa shape index (κ2) is 10.3. The van der Waals surface area contributed by atoms with Crippen molar-refractivity contribution >= 4 is 18.0 Å². The molecule has 0 aromatic heterocycles. The van der Waals surface area contributed by atoms with Crippen LogP contribution in [0.15, 0.2) is 30.3 Å². The fraction of sp³-hybridized carbons (Fsp3) is 0.500. The minimum absolute atomic E-state index is 0.0990. The van der Waals surface area contributed by atoms with Gasteiger partial charge < -0.3 is 19.9 Å². The molecule has 7 heteroatoms. The summed E-state index contributed by atoms with van der Waals surface area (Å²) in [5.74, 6) is -1.63. The molecule has 1 rings (SSSR count). The molecule has 0 saturated carbocycles. The van der Waals surface area contributed by atoms with Crippen molar-refractivity contribution in [1.29, 1.82) is 0 Å². The largest absolute Gasteiger partial charge is 0.481 e. The zero-order chi connectivity index (χ0) is 18.8. The van der Waals surface area contributed by atoms with Gasteiger partial charge >= 0.3 is 18.0 Å². The molecule has 1 aromatic carbocycles. The van der Waals surface area contributed by atoms with Gasteiger partial charge in [-0.25, -0.2) is 4.79 Å². The van der Waals surface area contributed by atoms with E-state index in [-0.39, 0.29) is 31.2 Å². The molecule has 0 aliphatic heterocycles. The van der Waals surface area contributed by atoms with Gasteiger partial charge in [-0.05, 0) is 11.5 Å². The first-order valence-corrected chi connectivity index (χ1v) is 8.18. The highest BCUT2D eigenvalue weighted by Crippen LogP contribution is 2.18. The van der Waals surface area contributed by atoms with Crippen LogP contribution in [-0.4, -0.2) is 36.0 Å². The highest BCUT2D eigenvalue weighted by Gasteiger charge is 2.19. The molecule has 138 valence electrons. The summed E-state index contributed by atoms with van der Waals surface area (Å²) in [5.41, 5.74) is 0.807. The molecule has 1 aromatic rings. The normalized spacial score (nSPS) is 13.0. The first kappa shape index (κ1) is 20.5. The summed E-state index contributed by atoms with van der Waals surface area (Å²) in [6, 6.07) is 9.04. The van der Waals surface area contributed by atoms with Crippen LogP contribution in [0.4, 0.5) is 4.79 Å². The first-order chi connectivity index (χ1) is 11.8. The van der Waals surface area contributed by atoms with E-state index in [2.05, 4.69) is 5.32 Å². The van der Waals surface area contributed by atoms with Crippen molar-refractivity contribution in [3.05, 3.63) is 35.9 Å². The van der Waals surface area contributed by atoms with Crippen LogP contribution in [0.25, 0.3) is 0 Å². The molecule has 2 N–H and O–H groups in total. The molecule has 7 nitrogen and oxygen atoms in total. The smallest absolute Gasteiger partial charge is 0.410 e. The number of carbonyl (C=O) groups excluding carboxylic acids is 2. The van der Waals surface area contributed by atoms with Crippen LogP contribution in [0.1, 0.15) is 45.1 Å². The van der Waals surface area contributed by atoms with E-state index in [1.807, 2.05) is 19.9 Å². The van der Waals surface area contributed by atoms with Crippen molar-refractivity contribution in [3.63, 3.8) is 0 Å². The van der Waals surface area contributed by atoms with Crippen molar-refractivity contribution in [2.24, 2.45) is 5.92 Å². The van der Waals surface area contributed by atoms with Crippen LogP contribution in [0.5, 0.6) is 0 Å². The lowest BCUT2D eigenvalue weighted by molar-refractivity contribution is -0.165. The quantitative estimate of drug-likeness (QED) is 0.524. The third-order valence-electron chi connectivity index (χ3n) is 3.33. The summed E-state index contributed by atoms with van der Waals surface area (Å²) in [6.45, 7) is 5.31. The number of ether oxygens (including phenoxy) is 2. The average Bonchev–Trinajstić information content (AvgIpc) is 2.50. The van der Waals surface area contributed by atoms with E-state index < -0.39 is 24.3 Å². The van der Waals surface area contributed by atoms with Crippen molar-refractivity contribution in [3.8, 4) is 0 Å². The average molecular weight is 351 g/mol. The maximum absolute atomic E-state index is 11.8. The monoisotopic (exact) mass is 351 g/mol. The van der Waals surface area contributed by atoms with E-state index in [4.69, 9.17) is 14.6 Å². The molecule has 0 heterocycles. The molecular formula is C18H25NO6. The van der Waals surface area contributed by atoms with Crippen molar-refractivity contribution < 1.29 is 29.0 Å². The highest BCUT2D eigenvalue weighted by atomic mass is 16.7. The molecular weight excluding hydrogens is 326 g/mol. The number of aliphatic carboxylic acids is 1. The third-order valence-corrected chi connectivity index (χ3v) is 3.33. The minimum Gasteiger partial charge on any atom is -0.481 e. The Morgan fingerprint density at radius 3 is 2.24 bits per heavy atom. The Bertz CT molecular complexity index is 572. The van der Waals surface area contributed by atoms with Crippen molar-refractivity contribution in [2.45, 2.75) is 45.8 Å². The number of benzene rings is 1. The first-order valence-electron chi connectivity index (χ1n) is 8.18. The summed E-state index contributed by atoms with van der Waals surface area (Å²) in [7, 11) is 0. The fourth-order valence-corrected chi connectivity index (χ4v) is 2.23. The van der Waals surface area contributed by atoms with Gasteiger partial charge in [0.2, 0.25) is 6.29 Å². The Balaban J connectivity index is 2.49. The predicted octanol–water partition coefficient (Wildman–Crippen LogP) is 2.91. The number of carbonyl (C=O) groups is 3. The van der Waals surface area contributed by atoms with Gasteiger partial charge in [-0.3, -0.25) is 9.59 Å². The highest BCUT2D eigenvalue weighted by molar-refractivity contribution is 5.71. The summed E-state index contributed by atoms with van der Waals surface area (Å²) in [6.07, 6.45) is -1.66. The minimum atomic E-state index is -1.01. The molecule has 0 spiro atoms. The molecule has 0 radical (unpaired) electrons. The summed E-state index contributed by atoms with van der Waals surface area (Å²) < 4.78 is 9.93. The summed E-state index contributed by atoms with van der Waals surface area (Å²) in [5, 5.41) is 11.5. The molecule has 0 unspecified atom stereocenters. The Kier molecular flexibility index (Phi) is 8.46. The second-order valence-corrected chi connectivity index (χ2v) is 6.15. The number of hydrogen-bond acceptors (Lipinski definition) is 5. The van der Waals surface area contributed by atoms with E-state index >= 15 is 0 Å². The lowest BCUT2D eigenvalue weighted by Crippen LogP contribution is -2.33. The van der Waals surface area contributed by atoms with Crippen molar-refractivity contribution in [1.82, 2.24) is 5.32 Å². The number of carboxylic acid groups (broad SMARTS) is 1. The zero-order valence-electron chi connectivity index (χ0n) is 14.7. The number of amides is 1. The van der Waals surface area contributed by atoms with Crippen LogP contribution in [-0.2, 0) is 19.1 Å². The van der Waals surface area contributed by atoms with Gasteiger partial charge in [0, 0.05) is 25.8 Å². The van der Waals surface area contributed by atoms with Crippen LogP contribution in [0.2, 0.25) is 0 Å². The lowest BCUT2D eigenvalue weighted by atomic mass is 9.96. The number of alkyl carbamates (subject to hydrolysis) is 1. The summed E-state index contributed by atoms with van der Waals surface area (Å²) in [4.78, 5) is 34.3. The third kappa shape index (κ3) is 8.74. The Hall–Kier alpha value is -2.57. The van der Waals surface area contributed by atoms with Crippen LogP contribution >= 0.6 is 0 Å². The van der Waals surface area contributed by atoms with Crippen LogP contribution < -0.4 is 5.32 Å². The fourth-order valence-electron chi connectivity index (χ4n) is 2.23. The van der Waals surface area contributed by atoms with E-state index in [0.717, 1.165) is 5.56 Å².